The number of rotatable bonds is 8. The van der Waals surface area contributed by atoms with Crippen LogP contribution in [0.2, 0.25) is 0 Å². The number of benzene rings is 1. The first-order chi connectivity index (χ1) is 8.81. The Bertz CT molecular complexity index is 377. The van der Waals surface area contributed by atoms with Crippen LogP contribution in [0.4, 0.5) is 0 Å². The number of hydrogen-bond acceptors (Lipinski definition) is 2. The van der Waals surface area contributed by atoms with Crippen LogP contribution in [0.3, 0.4) is 0 Å². The highest BCUT2D eigenvalue weighted by molar-refractivity contribution is 6.06. The van der Waals surface area contributed by atoms with E-state index in [0.717, 1.165) is 18.3 Å². The zero-order chi connectivity index (χ0) is 13.2. The lowest BCUT2D eigenvalue weighted by Crippen LogP contribution is -1.91. The van der Waals surface area contributed by atoms with E-state index in [9.17, 15) is 4.79 Å². The second-order valence-corrected chi connectivity index (χ2v) is 4.30. The second-order valence-electron chi connectivity index (χ2n) is 4.30. The van der Waals surface area contributed by atoms with Crippen molar-refractivity contribution in [2.75, 3.05) is 6.61 Å². The summed E-state index contributed by atoms with van der Waals surface area (Å²) in [7, 11) is 0. The zero-order valence-corrected chi connectivity index (χ0v) is 11.3. The van der Waals surface area contributed by atoms with Gasteiger partial charge in [0.2, 0.25) is 0 Å². The molecule has 2 heteroatoms. The molecule has 0 aliphatic carbocycles. The maximum atomic E-state index is 11.0. The highest BCUT2D eigenvalue weighted by Crippen LogP contribution is 2.15. The molecule has 0 radical (unpaired) electrons. The third kappa shape index (κ3) is 4.74. The smallest absolute Gasteiger partial charge is 0.153 e. The van der Waals surface area contributed by atoms with Gasteiger partial charge in [0.1, 0.15) is 0 Å². The third-order valence-electron chi connectivity index (χ3n) is 2.86. The molecule has 0 aromatic heterocycles. The van der Waals surface area contributed by atoms with Crippen molar-refractivity contribution in [3.8, 4) is 0 Å². The molecule has 0 heterocycles. The molecule has 18 heavy (non-hydrogen) atoms. The van der Waals surface area contributed by atoms with Gasteiger partial charge in [0.05, 0.1) is 18.4 Å². The molecule has 0 aliphatic heterocycles. The first-order valence-corrected chi connectivity index (χ1v) is 6.68. The lowest BCUT2D eigenvalue weighted by molar-refractivity contribution is -0.103. The fourth-order valence-corrected chi connectivity index (χ4v) is 1.78. The lowest BCUT2D eigenvalue weighted by atomic mass is 10.0. The molecule has 1 aromatic carbocycles. The Morgan fingerprint density at radius 3 is 2.44 bits per heavy atom. The number of unbranched alkanes of at least 4 members (excludes halogenated alkanes) is 2. The van der Waals surface area contributed by atoms with E-state index in [2.05, 4.69) is 19.1 Å². The van der Waals surface area contributed by atoms with E-state index in [1.54, 1.807) is 0 Å². The summed E-state index contributed by atoms with van der Waals surface area (Å²) in [6.07, 6.45) is 7.21. The lowest BCUT2D eigenvalue weighted by Gasteiger charge is -2.04. The molecule has 0 aliphatic rings. The van der Waals surface area contributed by atoms with Gasteiger partial charge in [-0.05, 0) is 30.9 Å². The van der Waals surface area contributed by atoms with Crippen molar-refractivity contribution in [2.24, 2.45) is 0 Å². The van der Waals surface area contributed by atoms with Crippen molar-refractivity contribution in [1.82, 2.24) is 0 Å². The van der Waals surface area contributed by atoms with Crippen molar-refractivity contribution in [3.63, 3.8) is 0 Å². The summed E-state index contributed by atoms with van der Waals surface area (Å²) in [6.45, 7) is 4.68. The predicted octanol–water partition coefficient (Wildman–Crippen LogP) is 4.00. The Labute approximate surface area is 110 Å². The minimum atomic E-state index is 0.576. The van der Waals surface area contributed by atoms with Crippen molar-refractivity contribution in [1.29, 1.82) is 0 Å². The van der Waals surface area contributed by atoms with E-state index in [1.165, 1.54) is 31.1 Å². The number of carbonyl (C=O) groups excluding carboxylic acids is 1. The SMILES string of the molecule is CCCCCc1ccc(C(C=O)=COCC)cc1. The summed E-state index contributed by atoms with van der Waals surface area (Å²) in [6, 6.07) is 8.16. The van der Waals surface area contributed by atoms with Crippen LogP contribution in [0.15, 0.2) is 30.5 Å². The number of aldehydes is 1. The number of ether oxygens (including phenoxy) is 1. The van der Waals surface area contributed by atoms with E-state index in [-0.39, 0.29) is 0 Å². The first kappa shape index (κ1) is 14.5. The van der Waals surface area contributed by atoms with E-state index in [4.69, 9.17) is 4.74 Å². The number of allylic oxidation sites excluding steroid dienone is 1. The molecule has 0 saturated carbocycles. The molecule has 1 aromatic rings. The van der Waals surface area contributed by atoms with Crippen LogP contribution in [-0.4, -0.2) is 12.9 Å². The Balaban J connectivity index is 2.65. The van der Waals surface area contributed by atoms with Gasteiger partial charge < -0.3 is 4.74 Å². The van der Waals surface area contributed by atoms with Crippen LogP contribution in [-0.2, 0) is 16.0 Å². The Kier molecular flexibility index (Phi) is 6.85. The predicted molar refractivity (Wildman–Crippen MR) is 75.3 cm³/mol. The van der Waals surface area contributed by atoms with Crippen molar-refractivity contribution in [3.05, 3.63) is 41.7 Å². The summed E-state index contributed by atoms with van der Waals surface area (Å²) in [5, 5.41) is 0. The molecule has 0 saturated heterocycles. The normalized spacial score (nSPS) is 11.3. The van der Waals surface area contributed by atoms with Crippen LogP contribution in [0.5, 0.6) is 0 Å². The monoisotopic (exact) mass is 246 g/mol. The van der Waals surface area contributed by atoms with Gasteiger partial charge in [-0.1, -0.05) is 44.0 Å². The van der Waals surface area contributed by atoms with Crippen molar-refractivity contribution < 1.29 is 9.53 Å². The summed E-state index contributed by atoms with van der Waals surface area (Å²) >= 11 is 0. The molecule has 0 N–H and O–H groups in total. The van der Waals surface area contributed by atoms with Gasteiger partial charge >= 0.3 is 0 Å². The fraction of sp³-hybridized carbons (Fsp3) is 0.438. The first-order valence-electron chi connectivity index (χ1n) is 6.68. The summed E-state index contributed by atoms with van der Waals surface area (Å²) in [4.78, 5) is 11.0. The number of carbonyl (C=O) groups is 1. The van der Waals surface area contributed by atoms with E-state index in [1.807, 2.05) is 19.1 Å². The molecule has 0 bridgehead atoms. The Morgan fingerprint density at radius 1 is 1.17 bits per heavy atom. The van der Waals surface area contributed by atoms with E-state index < -0.39 is 0 Å². The van der Waals surface area contributed by atoms with Crippen LogP contribution in [0.25, 0.3) is 5.57 Å². The maximum Gasteiger partial charge on any atom is 0.153 e. The van der Waals surface area contributed by atoms with E-state index >= 15 is 0 Å². The molecule has 0 spiro atoms. The topological polar surface area (TPSA) is 26.3 Å². The second kappa shape index (κ2) is 8.51. The third-order valence-corrected chi connectivity index (χ3v) is 2.86. The molecule has 2 nitrogen and oxygen atoms in total. The molecule has 0 atom stereocenters. The molecule has 0 amide bonds. The maximum absolute atomic E-state index is 11.0. The van der Waals surface area contributed by atoms with Crippen LogP contribution in [0.1, 0.15) is 44.2 Å². The summed E-state index contributed by atoms with van der Waals surface area (Å²) < 4.78 is 5.16. The van der Waals surface area contributed by atoms with Gasteiger partial charge in [0.25, 0.3) is 0 Å². The van der Waals surface area contributed by atoms with Gasteiger partial charge in [-0.25, -0.2) is 0 Å². The molecule has 0 unspecified atom stereocenters. The largest absolute Gasteiger partial charge is 0.501 e. The van der Waals surface area contributed by atoms with Crippen molar-refractivity contribution >= 4 is 11.9 Å². The van der Waals surface area contributed by atoms with E-state index in [0.29, 0.717) is 12.2 Å². The minimum absolute atomic E-state index is 0.576. The van der Waals surface area contributed by atoms with Crippen LogP contribution < -0.4 is 0 Å². The average Bonchev–Trinajstić information content (AvgIpc) is 2.41. The van der Waals surface area contributed by atoms with Gasteiger partial charge in [0, 0.05) is 0 Å². The summed E-state index contributed by atoms with van der Waals surface area (Å²) in [5.41, 5.74) is 2.84. The van der Waals surface area contributed by atoms with Gasteiger partial charge in [-0.15, -0.1) is 0 Å². The van der Waals surface area contributed by atoms with Crippen molar-refractivity contribution in [2.45, 2.75) is 39.5 Å². The standard InChI is InChI=1S/C16H22O2/c1-3-5-6-7-14-8-10-15(11-9-14)16(12-17)13-18-4-2/h8-13H,3-7H2,1-2H3. The molecular formula is C16H22O2. The summed E-state index contributed by atoms with van der Waals surface area (Å²) in [5.74, 6) is 0. The molecular weight excluding hydrogens is 224 g/mol. The number of aryl methyl sites for hydroxylation is 1. The highest BCUT2D eigenvalue weighted by Gasteiger charge is 2.01. The fourth-order valence-electron chi connectivity index (χ4n) is 1.78. The van der Waals surface area contributed by atoms with Crippen LogP contribution >= 0.6 is 0 Å². The van der Waals surface area contributed by atoms with Crippen LogP contribution in [0, 0.1) is 0 Å². The minimum Gasteiger partial charge on any atom is -0.501 e. The molecule has 0 fully saturated rings. The Hall–Kier alpha value is -1.57. The quantitative estimate of drug-likeness (QED) is 0.300. The highest BCUT2D eigenvalue weighted by atomic mass is 16.5. The molecule has 98 valence electrons. The number of hydrogen-bond donors (Lipinski definition) is 0. The van der Waals surface area contributed by atoms with Gasteiger partial charge in [-0.3, -0.25) is 4.79 Å². The molecule has 1 rings (SSSR count). The van der Waals surface area contributed by atoms with Gasteiger partial charge in [-0.2, -0.15) is 0 Å². The zero-order valence-electron chi connectivity index (χ0n) is 11.3. The van der Waals surface area contributed by atoms with Gasteiger partial charge in [0.15, 0.2) is 6.29 Å². The average molecular weight is 246 g/mol. The Morgan fingerprint density at radius 2 is 1.89 bits per heavy atom.